The highest BCUT2D eigenvalue weighted by atomic mass is 16.5. The summed E-state index contributed by atoms with van der Waals surface area (Å²) in [6, 6.07) is 2.07. The van der Waals surface area contributed by atoms with E-state index in [0.29, 0.717) is 30.0 Å². The van der Waals surface area contributed by atoms with Gasteiger partial charge in [-0.1, -0.05) is 24.2 Å². The third-order valence-electron chi connectivity index (χ3n) is 5.00. The lowest BCUT2D eigenvalue weighted by Gasteiger charge is -2.04. The SMILES string of the molecule is CC(C)c1noc2nc(C3CC3)cc(-c3nc([C@H]4CCOC4)no3)c12. The summed E-state index contributed by atoms with van der Waals surface area (Å²) in [5, 5.41) is 9.32. The van der Waals surface area contributed by atoms with Crippen LogP contribution in [0.3, 0.4) is 0 Å². The molecule has 0 N–H and O–H groups in total. The number of nitrogens with zero attached hydrogens (tertiary/aromatic N) is 4. The number of aromatic nitrogens is 4. The first-order valence-corrected chi connectivity index (χ1v) is 8.92. The summed E-state index contributed by atoms with van der Waals surface area (Å²) >= 11 is 0. The van der Waals surface area contributed by atoms with E-state index in [-0.39, 0.29) is 11.8 Å². The summed E-state index contributed by atoms with van der Waals surface area (Å²) in [6.07, 6.45) is 3.26. The van der Waals surface area contributed by atoms with Crippen molar-refractivity contribution in [2.24, 2.45) is 0 Å². The van der Waals surface area contributed by atoms with E-state index < -0.39 is 0 Å². The van der Waals surface area contributed by atoms with Crippen LogP contribution >= 0.6 is 0 Å². The molecule has 2 fully saturated rings. The van der Waals surface area contributed by atoms with Crippen molar-refractivity contribution in [2.75, 3.05) is 13.2 Å². The second kappa shape index (κ2) is 5.62. The second-order valence-corrected chi connectivity index (χ2v) is 7.29. The molecular formula is C18H20N4O3. The Labute approximate surface area is 144 Å². The van der Waals surface area contributed by atoms with Crippen LogP contribution in [0.4, 0.5) is 0 Å². The van der Waals surface area contributed by atoms with Crippen molar-refractivity contribution >= 4 is 11.1 Å². The molecule has 0 radical (unpaired) electrons. The molecule has 4 heterocycles. The molecule has 130 valence electrons. The van der Waals surface area contributed by atoms with Gasteiger partial charge in [0.1, 0.15) is 0 Å². The zero-order chi connectivity index (χ0) is 17.0. The first-order valence-electron chi connectivity index (χ1n) is 8.92. The van der Waals surface area contributed by atoms with Gasteiger partial charge in [-0.25, -0.2) is 4.98 Å². The van der Waals surface area contributed by atoms with Gasteiger partial charge in [0, 0.05) is 24.1 Å². The lowest BCUT2D eigenvalue weighted by Crippen LogP contribution is -2.00. The topological polar surface area (TPSA) is 87.1 Å². The molecule has 1 aliphatic carbocycles. The molecule has 7 nitrogen and oxygen atoms in total. The van der Waals surface area contributed by atoms with Gasteiger partial charge in [-0.15, -0.1) is 0 Å². The van der Waals surface area contributed by atoms with Gasteiger partial charge in [-0.05, 0) is 31.2 Å². The highest BCUT2D eigenvalue weighted by Crippen LogP contribution is 2.43. The summed E-state index contributed by atoms with van der Waals surface area (Å²) in [6.45, 7) is 5.58. The third-order valence-corrected chi connectivity index (χ3v) is 5.00. The van der Waals surface area contributed by atoms with Crippen molar-refractivity contribution in [1.29, 1.82) is 0 Å². The van der Waals surface area contributed by atoms with Gasteiger partial charge in [0.25, 0.3) is 11.6 Å². The monoisotopic (exact) mass is 340 g/mol. The lowest BCUT2D eigenvalue weighted by molar-refractivity contribution is 0.192. The maximum absolute atomic E-state index is 5.62. The van der Waals surface area contributed by atoms with E-state index in [9.17, 15) is 0 Å². The van der Waals surface area contributed by atoms with Gasteiger partial charge < -0.3 is 13.8 Å². The molecule has 0 aromatic carbocycles. The molecule has 7 heteroatoms. The highest BCUT2D eigenvalue weighted by Gasteiger charge is 2.30. The molecule has 1 aliphatic heterocycles. The molecule has 0 unspecified atom stereocenters. The van der Waals surface area contributed by atoms with Gasteiger partial charge in [0.05, 0.1) is 23.3 Å². The Hall–Kier alpha value is -2.28. The molecule has 2 aliphatic rings. The predicted molar refractivity (Wildman–Crippen MR) is 89.3 cm³/mol. The normalized spacial score (nSPS) is 20.8. The van der Waals surface area contributed by atoms with Gasteiger partial charge in [-0.2, -0.15) is 4.98 Å². The standard InChI is InChI=1S/C18H20N4O3/c1-9(2)15-14-12(7-13(10-3-4-10)19-18(14)25-21-15)17-20-16(22-24-17)11-5-6-23-8-11/h7,9-11H,3-6,8H2,1-2H3/t11-/m0/s1. The fraction of sp³-hybridized carbons (Fsp3) is 0.556. The van der Waals surface area contributed by atoms with Crippen LogP contribution in [0.1, 0.15) is 68.1 Å². The van der Waals surface area contributed by atoms with E-state index in [4.69, 9.17) is 13.8 Å². The maximum Gasteiger partial charge on any atom is 0.259 e. The van der Waals surface area contributed by atoms with Crippen LogP contribution in [0.25, 0.3) is 22.6 Å². The van der Waals surface area contributed by atoms with Crippen molar-refractivity contribution in [3.63, 3.8) is 0 Å². The maximum atomic E-state index is 5.62. The zero-order valence-electron chi connectivity index (χ0n) is 14.4. The molecule has 5 rings (SSSR count). The molecule has 0 spiro atoms. The number of fused-ring (bicyclic) bond motifs is 1. The van der Waals surface area contributed by atoms with E-state index in [1.54, 1.807) is 0 Å². The number of hydrogen-bond donors (Lipinski definition) is 0. The van der Waals surface area contributed by atoms with Crippen molar-refractivity contribution in [3.05, 3.63) is 23.3 Å². The molecule has 25 heavy (non-hydrogen) atoms. The second-order valence-electron chi connectivity index (χ2n) is 7.29. The fourth-order valence-electron chi connectivity index (χ4n) is 3.39. The van der Waals surface area contributed by atoms with E-state index in [1.165, 1.54) is 0 Å². The smallest absolute Gasteiger partial charge is 0.259 e. The summed E-state index contributed by atoms with van der Waals surface area (Å²) in [7, 11) is 0. The fourth-order valence-corrected chi connectivity index (χ4v) is 3.39. The lowest BCUT2D eigenvalue weighted by atomic mass is 10.0. The predicted octanol–water partition coefficient (Wildman–Crippen LogP) is 3.78. The number of ether oxygens (including phenoxy) is 1. The minimum absolute atomic E-state index is 0.213. The molecule has 3 aromatic rings. The Bertz CT molecular complexity index is 920. The van der Waals surface area contributed by atoms with E-state index >= 15 is 0 Å². The van der Waals surface area contributed by atoms with Crippen molar-refractivity contribution in [2.45, 2.75) is 50.9 Å². The minimum atomic E-state index is 0.213. The van der Waals surface area contributed by atoms with Crippen molar-refractivity contribution < 1.29 is 13.8 Å². The molecule has 3 aromatic heterocycles. The number of pyridine rings is 1. The Morgan fingerprint density at radius 1 is 1.04 bits per heavy atom. The minimum Gasteiger partial charge on any atom is -0.381 e. The van der Waals surface area contributed by atoms with Crippen LogP contribution < -0.4 is 0 Å². The first-order chi connectivity index (χ1) is 12.2. The largest absolute Gasteiger partial charge is 0.381 e. The zero-order valence-corrected chi connectivity index (χ0v) is 14.4. The summed E-state index contributed by atoms with van der Waals surface area (Å²) < 4.78 is 16.6. The van der Waals surface area contributed by atoms with E-state index in [0.717, 1.165) is 48.2 Å². The van der Waals surface area contributed by atoms with Crippen LogP contribution in [-0.2, 0) is 4.74 Å². The average Bonchev–Trinajstić information content (AvgIpc) is 3.05. The van der Waals surface area contributed by atoms with Crippen LogP contribution in [0.2, 0.25) is 0 Å². The first kappa shape index (κ1) is 15.0. The molecule has 1 saturated heterocycles. The Balaban J connectivity index is 1.66. The highest BCUT2D eigenvalue weighted by molar-refractivity contribution is 5.92. The summed E-state index contributed by atoms with van der Waals surface area (Å²) in [5.41, 5.74) is 3.35. The van der Waals surface area contributed by atoms with Gasteiger partial charge in [0.2, 0.25) is 0 Å². The van der Waals surface area contributed by atoms with Crippen LogP contribution in [-0.4, -0.2) is 33.5 Å². The molecule has 0 amide bonds. The van der Waals surface area contributed by atoms with Gasteiger partial charge >= 0.3 is 0 Å². The molecule has 1 atom stereocenters. The molecule has 1 saturated carbocycles. The van der Waals surface area contributed by atoms with Crippen LogP contribution in [0.5, 0.6) is 0 Å². The third kappa shape index (κ3) is 2.54. The van der Waals surface area contributed by atoms with E-state index in [2.05, 4.69) is 40.2 Å². The van der Waals surface area contributed by atoms with Gasteiger partial charge in [-0.3, -0.25) is 0 Å². The van der Waals surface area contributed by atoms with Crippen LogP contribution in [0, 0.1) is 0 Å². The van der Waals surface area contributed by atoms with E-state index in [1.807, 2.05) is 0 Å². The van der Waals surface area contributed by atoms with Crippen LogP contribution in [0.15, 0.2) is 15.1 Å². The summed E-state index contributed by atoms with van der Waals surface area (Å²) in [4.78, 5) is 9.33. The molecular weight excluding hydrogens is 320 g/mol. The van der Waals surface area contributed by atoms with Crippen molar-refractivity contribution in [1.82, 2.24) is 20.3 Å². The van der Waals surface area contributed by atoms with Crippen molar-refractivity contribution in [3.8, 4) is 11.5 Å². The Kier molecular flexibility index (Phi) is 3.38. The van der Waals surface area contributed by atoms with Gasteiger partial charge in [0.15, 0.2) is 5.82 Å². The quantitative estimate of drug-likeness (QED) is 0.714. The number of hydrogen-bond acceptors (Lipinski definition) is 7. The Morgan fingerprint density at radius 2 is 1.92 bits per heavy atom. The summed E-state index contributed by atoms with van der Waals surface area (Å²) in [5.74, 6) is 2.17. The average molecular weight is 340 g/mol. The Morgan fingerprint density at radius 3 is 2.64 bits per heavy atom. The number of rotatable bonds is 4. The molecule has 0 bridgehead atoms.